The van der Waals surface area contributed by atoms with Crippen LogP contribution in [-0.4, -0.2) is 53.6 Å². The molecule has 2 aromatic heterocycles. The zero-order valence-corrected chi connectivity index (χ0v) is 23.4. The molecule has 0 unspecified atom stereocenters. The highest BCUT2D eigenvalue weighted by Crippen LogP contribution is 2.40. The van der Waals surface area contributed by atoms with E-state index in [0.717, 1.165) is 27.3 Å². The van der Waals surface area contributed by atoms with Gasteiger partial charge in [0.05, 0.1) is 12.9 Å². The maximum absolute atomic E-state index is 13.0. The Hall–Kier alpha value is -3.89. The largest absolute Gasteiger partial charge is 0.465 e. The Kier molecular flexibility index (Phi) is 8.65. The Balaban J connectivity index is 1.55. The predicted molar refractivity (Wildman–Crippen MR) is 155 cm³/mol. The van der Waals surface area contributed by atoms with Gasteiger partial charge in [-0.2, -0.15) is 0 Å². The first kappa shape index (κ1) is 27.2. The molecular formula is C28H29N5O3S2. The lowest BCUT2D eigenvalue weighted by Crippen LogP contribution is -2.16. The van der Waals surface area contributed by atoms with Crippen molar-refractivity contribution in [3.63, 3.8) is 0 Å². The first-order valence-electron chi connectivity index (χ1n) is 11.9. The zero-order valence-electron chi connectivity index (χ0n) is 21.7. The Morgan fingerprint density at radius 1 is 1.13 bits per heavy atom. The predicted octanol–water partition coefficient (Wildman–Crippen LogP) is 5.75. The summed E-state index contributed by atoms with van der Waals surface area (Å²) in [4.78, 5) is 28.7. The first-order valence-corrected chi connectivity index (χ1v) is 13.7. The van der Waals surface area contributed by atoms with Crippen LogP contribution in [0.25, 0.3) is 22.5 Å². The maximum Gasteiger partial charge on any atom is 0.341 e. The number of hydrogen-bond donors (Lipinski definition) is 1. The van der Waals surface area contributed by atoms with Crippen molar-refractivity contribution < 1.29 is 14.3 Å². The van der Waals surface area contributed by atoms with Gasteiger partial charge in [-0.3, -0.25) is 9.36 Å². The van der Waals surface area contributed by atoms with Crippen molar-refractivity contribution in [3.8, 4) is 22.5 Å². The summed E-state index contributed by atoms with van der Waals surface area (Å²) in [5, 5.41) is 12.7. The number of nitrogens with one attached hydrogen (secondary N) is 1. The number of ether oxygens (including phenoxy) is 1. The number of thioether (sulfide) groups is 1. The molecule has 0 aliphatic rings. The number of rotatable bonds is 10. The second-order valence-corrected chi connectivity index (χ2v) is 10.7. The minimum Gasteiger partial charge on any atom is -0.465 e. The van der Waals surface area contributed by atoms with Crippen LogP contribution >= 0.6 is 23.1 Å². The summed E-state index contributed by atoms with van der Waals surface area (Å²) < 4.78 is 6.98. The van der Waals surface area contributed by atoms with Crippen molar-refractivity contribution in [2.45, 2.75) is 18.6 Å². The maximum atomic E-state index is 13.0. The normalized spacial score (nSPS) is 10.7. The monoisotopic (exact) mass is 547 g/mol. The standard InChI is InChI=1S/C28H29N5O3S2/c1-6-15-33-25(20-13-10-14-21(16-20)32(3)4)30-31-28(33)37-17-22(34)29-26-24(27(35)36-5)23(18(2)38-26)19-11-8-7-9-12-19/h6-14,16H,1,15,17H2,2-5H3,(H,29,34). The van der Waals surface area contributed by atoms with E-state index in [1.807, 2.05) is 85.1 Å². The quantitative estimate of drug-likeness (QED) is 0.154. The molecule has 0 radical (unpaired) electrons. The molecule has 4 rings (SSSR count). The summed E-state index contributed by atoms with van der Waals surface area (Å²) in [6.45, 7) is 6.28. The highest BCUT2D eigenvalue weighted by molar-refractivity contribution is 7.99. The van der Waals surface area contributed by atoms with Crippen LogP contribution in [0.15, 0.2) is 72.4 Å². The van der Waals surface area contributed by atoms with Crippen LogP contribution in [-0.2, 0) is 16.1 Å². The molecule has 0 aliphatic carbocycles. The first-order chi connectivity index (χ1) is 18.3. The molecule has 10 heteroatoms. The highest BCUT2D eigenvalue weighted by Gasteiger charge is 2.25. The number of thiophene rings is 1. The Bertz CT molecular complexity index is 1460. The molecule has 0 atom stereocenters. The van der Waals surface area contributed by atoms with Gasteiger partial charge in [0.25, 0.3) is 0 Å². The van der Waals surface area contributed by atoms with Gasteiger partial charge in [0.2, 0.25) is 5.91 Å². The molecule has 1 amide bonds. The number of amides is 1. The number of nitrogens with zero attached hydrogens (tertiary/aromatic N) is 4. The number of anilines is 2. The number of benzene rings is 2. The molecule has 2 heterocycles. The summed E-state index contributed by atoms with van der Waals surface area (Å²) in [5.41, 5.74) is 3.98. The summed E-state index contributed by atoms with van der Waals surface area (Å²) in [6, 6.07) is 17.6. The number of allylic oxidation sites excluding steroid dienone is 1. The van der Waals surface area contributed by atoms with Crippen LogP contribution in [0.1, 0.15) is 15.2 Å². The van der Waals surface area contributed by atoms with Gasteiger partial charge < -0.3 is 15.0 Å². The smallest absolute Gasteiger partial charge is 0.341 e. The average Bonchev–Trinajstić information content (AvgIpc) is 3.47. The molecule has 38 heavy (non-hydrogen) atoms. The molecule has 2 aromatic carbocycles. The second kappa shape index (κ2) is 12.1. The molecule has 8 nitrogen and oxygen atoms in total. The van der Waals surface area contributed by atoms with E-state index >= 15 is 0 Å². The van der Waals surface area contributed by atoms with Gasteiger partial charge >= 0.3 is 5.97 Å². The number of methoxy groups -OCH3 is 1. The van der Waals surface area contributed by atoms with Crippen LogP contribution in [0.5, 0.6) is 0 Å². The lowest BCUT2D eigenvalue weighted by molar-refractivity contribution is -0.113. The molecule has 0 aliphatic heterocycles. The third-order valence-corrected chi connectivity index (χ3v) is 7.76. The van der Waals surface area contributed by atoms with Gasteiger partial charge in [0.15, 0.2) is 11.0 Å². The van der Waals surface area contributed by atoms with Crippen molar-refractivity contribution >= 4 is 45.7 Å². The van der Waals surface area contributed by atoms with Crippen LogP contribution in [0.3, 0.4) is 0 Å². The van der Waals surface area contributed by atoms with Crippen LogP contribution in [0.4, 0.5) is 10.7 Å². The zero-order chi connectivity index (χ0) is 27.2. The second-order valence-electron chi connectivity index (χ2n) is 8.58. The summed E-state index contributed by atoms with van der Waals surface area (Å²) >= 11 is 2.63. The Morgan fingerprint density at radius 3 is 2.55 bits per heavy atom. The van der Waals surface area contributed by atoms with E-state index in [2.05, 4.69) is 22.1 Å². The van der Waals surface area contributed by atoms with E-state index in [0.29, 0.717) is 28.1 Å². The Labute approximate surface area is 230 Å². The SMILES string of the molecule is C=CCn1c(SCC(=O)Nc2sc(C)c(-c3ccccc3)c2C(=O)OC)nnc1-c1cccc(N(C)C)c1. The van der Waals surface area contributed by atoms with Gasteiger partial charge in [0.1, 0.15) is 10.6 Å². The molecule has 1 N–H and O–H groups in total. The van der Waals surface area contributed by atoms with Gasteiger partial charge in [-0.25, -0.2) is 4.79 Å². The van der Waals surface area contributed by atoms with E-state index in [9.17, 15) is 9.59 Å². The number of carbonyl (C=O) groups is 2. The van der Waals surface area contributed by atoms with Crippen molar-refractivity contribution in [2.24, 2.45) is 0 Å². The van der Waals surface area contributed by atoms with Crippen molar-refractivity contribution in [1.29, 1.82) is 0 Å². The minimum atomic E-state index is -0.494. The number of aryl methyl sites for hydroxylation is 1. The van der Waals surface area contributed by atoms with Gasteiger partial charge in [-0.05, 0) is 24.6 Å². The van der Waals surface area contributed by atoms with E-state index in [4.69, 9.17) is 4.74 Å². The summed E-state index contributed by atoms with van der Waals surface area (Å²) in [6.07, 6.45) is 1.77. The topological polar surface area (TPSA) is 89.3 Å². The van der Waals surface area contributed by atoms with Crippen molar-refractivity contribution in [1.82, 2.24) is 14.8 Å². The van der Waals surface area contributed by atoms with Crippen LogP contribution in [0, 0.1) is 6.92 Å². The van der Waals surface area contributed by atoms with Crippen molar-refractivity contribution in [3.05, 3.63) is 77.7 Å². The lowest BCUT2D eigenvalue weighted by Gasteiger charge is -2.14. The molecule has 0 spiro atoms. The van der Waals surface area contributed by atoms with E-state index in [1.54, 1.807) is 6.08 Å². The molecule has 196 valence electrons. The molecule has 4 aromatic rings. The summed E-state index contributed by atoms with van der Waals surface area (Å²) in [7, 11) is 5.30. The fourth-order valence-electron chi connectivity index (χ4n) is 4.00. The number of hydrogen-bond acceptors (Lipinski definition) is 8. The summed E-state index contributed by atoms with van der Waals surface area (Å²) in [5.74, 6) is 0.0355. The fourth-order valence-corrected chi connectivity index (χ4v) is 5.83. The molecule has 0 saturated carbocycles. The third-order valence-electron chi connectivity index (χ3n) is 5.77. The van der Waals surface area contributed by atoms with Gasteiger partial charge in [-0.1, -0.05) is 60.3 Å². The van der Waals surface area contributed by atoms with E-state index in [-0.39, 0.29) is 11.7 Å². The fraction of sp³-hybridized carbons (Fsp3) is 0.214. The van der Waals surface area contributed by atoms with Crippen molar-refractivity contribution in [2.75, 3.05) is 37.2 Å². The number of carbonyl (C=O) groups excluding carboxylic acids is 2. The third kappa shape index (κ3) is 5.81. The lowest BCUT2D eigenvalue weighted by atomic mass is 10.0. The molecular weight excluding hydrogens is 518 g/mol. The Morgan fingerprint density at radius 2 is 1.87 bits per heavy atom. The average molecular weight is 548 g/mol. The molecule has 0 saturated heterocycles. The van der Waals surface area contributed by atoms with Gasteiger partial charge in [0, 0.05) is 42.3 Å². The molecule has 0 bridgehead atoms. The number of esters is 1. The molecule has 0 fully saturated rings. The highest BCUT2D eigenvalue weighted by atomic mass is 32.2. The van der Waals surface area contributed by atoms with Gasteiger partial charge in [-0.15, -0.1) is 28.1 Å². The number of aromatic nitrogens is 3. The van der Waals surface area contributed by atoms with E-state index < -0.39 is 5.97 Å². The van der Waals surface area contributed by atoms with Crippen LogP contribution < -0.4 is 10.2 Å². The minimum absolute atomic E-state index is 0.0885. The van der Waals surface area contributed by atoms with Crippen LogP contribution in [0.2, 0.25) is 0 Å². The van der Waals surface area contributed by atoms with E-state index in [1.165, 1.54) is 30.2 Å².